The van der Waals surface area contributed by atoms with Crippen LogP contribution in [0.25, 0.3) is 33.3 Å². The first-order chi connectivity index (χ1) is 14.3. The quantitative estimate of drug-likeness (QED) is 0.485. The molecule has 0 bridgehead atoms. The zero-order valence-electron chi connectivity index (χ0n) is 16.2. The number of rotatable bonds is 4. The molecule has 0 radical (unpaired) electrons. The van der Waals surface area contributed by atoms with Gasteiger partial charge in [-0.1, -0.05) is 24.3 Å². The highest BCUT2D eigenvalue weighted by Crippen LogP contribution is 2.29. The Balaban J connectivity index is 1.57. The fourth-order valence-electron chi connectivity index (χ4n) is 4.29. The first kappa shape index (κ1) is 17.7. The summed E-state index contributed by atoms with van der Waals surface area (Å²) < 4.78 is 0. The number of nitrogens with zero attached hydrogens (tertiary/aromatic N) is 3. The summed E-state index contributed by atoms with van der Waals surface area (Å²) in [5.41, 5.74) is 5.02. The van der Waals surface area contributed by atoms with E-state index < -0.39 is 0 Å². The molecular weight excluding hydrogens is 356 g/mol. The van der Waals surface area contributed by atoms with E-state index in [1.54, 1.807) is 6.20 Å². The van der Waals surface area contributed by atoms with Gasteiger partial charge >= 0.3 is 0 Å². The number of benzene rings is 2. The van der Waals surface area contributed by atoms with Gasteiger partial charge in [0.05, 0.1) is 11.6 Å². The highest BCUT2D eigenvalue weighted by atomic mass is 15.1. The molecule has 0 unspecified atom stereocenters. The second-order valence-electron chi connectivity index (χ2n) is 7.68. The SMILES string of the molecule is N#C/C(=C\c1cccc2cnccc12)c1c[nH]c2ccc(CN3CCCC3)cc12. The minimum absolute atomic E-state index is 0.666. The van der Waals surface area contributed by atoms with E-state index in [0.717, 1.165) is 39.3 Å². The van der Waals surface area contributed by atoms with Crippen LogP contribution in [0.4, 0.5) is 0 Å². The van der Waals surface area contributed by atoms with Crippen LogP contribution in [-0.4, -0.2) is 28.0 Å². The normalized spacial score (nSPS) is 15.2. The van der Waals surface area contributed by atoms with Crippen molar-refractivity contribution in [3.63, 3.8) is 0 Å². The van der Waals surface area contributed by atoms with Gasteiger partial charge in [0.25, 0.3) is 0 Å². The molecule has 0 aliphatic carbocycles. The Kier molecular flexibility index (Phi) is 4.59. The van der Waals surface area contributed by atoms with Crippen molar-refractivity contribution < 1.29 is 0 Å². The maximum Gasteiger partial charge on any atom is 0.0998 e. The van der Waals surface area contributed by atoms with E-state index >= 15 is 0 Å². The molecule has 2 aromatic heterocycles. The lowest BCUT2D eigenvalue weighted by atomic mass is 9.99. The minimum Gasteiger partial charge on any atom is -0.361 e. The summed E-state index contributed by atoms with van der Waals surface area (Å²) in [6.45, 7) is 3.33. The molecule has 2 aromatic carbocycles. The van der Waals surface area contributed by atoms with E-state index in [9.17, 15) is 5.26 Å². The van der Waals surface area contributed by atoms with Crippen LogP contribution in [0.5, 0.6) is 0 Å². The van der Waals surface area contributed by atoms with Gasteiger partial charge in [0, 0.05) is 47.0 Å². The third kappa shape index (κ3) is 3.41. The molecule has 0 spiro atoms. The Hall–Kier alpha value is -3.42. The highest BCUT2D eigenvalue weighted by Gasteiger charge is 2.14. The predicted octanol–water partition coefficient (Wildman–Crippen LogP) is 5.38. The smallest absolute Gasteiger partial charge is 0.0998 e. The lowest BCUT2D eigenvalue weighted by Gasteiger charge is -2.14. The summed E-state index contributed by atoms with van der Waals surface area (Å²) >= 11 is 0. The molecular formula is C25H22N4. The first-order valence-corrected chi connectivity index (χ1v) is 10.1. The van der Waals surface area contributed by atoms with E-state index in [-0.39, 0.29) is 0 Å². The van der Waals surface area contributed by atoms with Crippen LogP contribution >= 0.6 is 0 Å². The molecule has 4 nitrogen and oxygen atoms in total. The molecule has 142 valence electrons. The van der Waals surface area contributed by atoms with Gasteiger partial charge in [-0.25, -0.2) is 0 Å². The van der Waals surface area contributed by atoms with Crippen molar-refractivity contribution in [1.82, 2.24) is 14.9 Å². The fourth-order valence-corrected chi connectivity index (χ4v) is 4.29. The van der Waals surface area contributed by atoms with Crippen LogP contribution in [-0.2, 0) is 6.54 Å². The predicted molar refractivity (Wildman–Crippen MR) is 118 cm³/mol. The standard InChI is InChI=1S/C25H22N4/c26-14-21(13-19-4-3-5-20-15-27-9-8-22(19)20)24-16-28-25-7-6-18(12-23(24)25)17-29-10-1-2-11-29/h3-9,12-13,15-16,28H,1-2,10-11,17H2/b21-13+. The lowest BCUT2D eigenvalue weighted by Crippen LogP contribution is -2.18. The third-order valence-corrected chi connectivity index (χ3v) is 5.78. The summed E-state index contributed by atoms with van der Waals surface area (Å²) in [7, 11) is 0. The van der Waals surface area contributed by atoms with Crippen molar-refractivity contribution in [1.29, 1.82) is 5.26 Å². The molecule has 5 rings (SSSR count). The number of fused-ring (bicyclic) bond motifs is 2. The van der Waals surface area contributed by atoms with Gasteiger partial charge in [0.15, 0.2) is 0 Å². The average Bonchev–Trinajstić information content (AvgIpc) is 3.42. The van der Waals surface area contributed by atoms with Crippen molar-refractivity contribution in [2.24, 2.45) is 0 Å². The maximum absolute atomic E-state index is 9.94. The number of allylic oxidation sites excluding steroid dienone is 1. The lowest BCUT2D eigenvalue weighted by molar-refractivity contribution is 0.331. The van der Waals surface area contributed by atoms with E-state index in [1.165, 1.54) is 31.5 Å². The van der Waals surface area contributed by atoms with Crippen LogP contribution in [0.2, 0.25) is 0 Å². The molecule has 0 atom stereocenters. The van der Waals surface area contributed by atoms with Crippen LogP contribution < -0.4 is 0 Å². The van der Waals surface area contributed by atoms with Gasteiger partial charge in [-0.15, -0.1) is 0 Å². The van der Waals surface area contributed by atoms with Gasteiger partial charge in [0.1, 0.15) is 0 Å². The molecule has 1 aliphatic heterocycles. The zero-order valence-corrected chi connectivity index (χ0v) is 16.2. The zero-order chi connectivity index (χ0) is 19.6. The van der Waals surface area contributed by atoms with Gasteiger partial charge in [-0.05, 0) is 66.7 Å². The second-order valence-corrected chi connectivity index (χ2v) is 7.68. The number of hydrogen-bond donors (Lipinski definition) is 1. The van der Waals surface area contributed by atoms with E-state index in [4.69, 9.17) is 0 Å². The summed E-state index contributed by atoms with van der Waals surface area (Å²) in [6.07, 6.45) is 10.2. The Morgan fingerprint density at radius 2 is 2.03 bits per heavy atom. The molecule has 1 aliphatic rings. The Labute approximate surface area is 170 Å². The number of likely N-dealkylation sites (tertiary alicyclic amines) is 1. The van der Waals surface area contributed by atoms with Crippen molar-refractivity contribution in [3.05, 3.63) is 77.7 Å². The van der Waals surface area contributed by atoms with Crippen LogP contribution in [0.3, 0.4) is 0 Å². The van der Waals surface area contributed by atoms with Gasteiger partial charge in [-0.2, -0.15) is 5.26 Å². The van der Waals surface area contributed by atoms with Crippen molar-refractivity contribution in [2.45, 2.75) is 19.4 Å². The van der Waals surface area contributed by atoms with Crippen LogP contribution in [0.1, 0.15) is 29.5 Å². The fraction of sp³-hybridized carbons (Fsp3) is 0.200. The Bertz CT molecular complexity index is 1250. The van der Waals surface area contributed by atoms with Crippen LogP contribution in [0, 0.1) is 11.3 Å². The Morgan fingerprint density at radius 3 is 2.90 bits per heavy atom. The van der Waals surface area contributed by atoms with Crippen molar-refractivity contribution in [3.8, 4) is 6.07 Å². The van der Waals surface area contributed by atoms with Crippen molar-refractivity contribution >= 4 is 33.3 Å². The second kappa shape index (κ2) is 7.54. The molecule has 0 amide bonds. The number of aromatic amines is 1. The topological polar surface area (TPSA) is 55.7 Å². The number of nitriles is 1. The third-order valence-electron chi connectivity index (χ3n) is 5.78. The van der Waals surface area contributed by atoms with Gasteiger partial charge in [-0.3, -0.25) is 9.88 Å². The maximum atomic E-state index is 9.94. The average molecular weight is 378 g/mol. The van der Waals surface area contributed by atoms with Gasteiger partial charge < -0.3 is 4.98 Å². The largest absolute Gasteiger partial charge is 0.361 e. The molecule has 4 heteroatoms. The molecule has 3 heterocycles. The molecule has 1 N–H and O–H groups in total. The monoisotopic (exact) mass is 378 g/mol. The minimum atomic E-state index is 0.666. The summed E-state index contributed by atoms with van der Waals surface area (Å²) in [4.78, 5) is 10.0. The number of pyridine rings is 1. The first-order valence-electron chi connectivity index (χ1n) is 10.1. The number of H-pyrrole nitrogens is 1. The molecule has 4 aromatic rings. The van der Waals surface area contributed by atoms with Crippen molar-refractivity contribution in [2.75, 3.05) is 13.1 Å². The summed E-state index contributed by atoms with van der Waals surface area (Å²) in [5, 5.41) is 13.2. The summed E-state index contributed by atoms with van der Waals surface area (Å²) in [6, 6.07) is 17.1. The van der Waals surface area contributed by atoms with E-state index in [1.807, 2.05) is 42.7 Å². The molecule has 0 saturated carbocycles. The Morgan fingerprint density at radius 1 is 1.14 bits per heavy atom. The van der Waals surface area contributed by atoms with E-state index in [0.29, 0.717) is 5.57 Å². The highest BCUT2D eigenvalue weighted by molar-refractivity contribution is 6.04. The molecule has 1 fully saturated rings. The number of hydrogen-bond acceptors (Lipinski definition) is 3. The van der Waals surface area contributed by atoms with Crippen LogP contribution in [0.15, 0.2) is 61.1 Å². The number of nitrogens with one attached hydrogen (secondary N) is 1. The van der Waals surface area contributed by atoms with E-state index in [2.05, 4.69) is 39.1 Å². The summed E-state index contributed by atoms with van der Waals surface area (Å²) in [5.74, 6) is 0. The molecule has 1 saturated heterocycles. The van der Waals surface area contributed by atoms with Gasteiger partial charge in [0.2, 0.25) is 0 Å². The number of aromatic nitrogens is 2. The molecule has 29 heavy (non-hydrogen) atoms.